The molecule has 0 bridgehead atoms. The predicted molar refractivity (Wildman–Crippen MR) is 88.7 cm³/mol. The van der Waals surface area contributed by atoms with Crippen LogP contribution in [-0.4, -0.2) is 25.2 Å². The van der Waals surface area contributed by atoms with Crippen LogP contribution in [0.15, 0.2) is 24.3 Å². The van der Waals surface area contributed by atoms with Gasteiger partial charge in [0.25, 0.3) is 0 Å². The summed E-state index contributed by atoms with van der Waals surface area (Å²) in [6.07, 6.45) is 3.74. The number of hydrogen-bond acceptors (Lipinski definition) is 2. The van der Waals surface area contributed by atoms with Crippen molar-refractivity contribution in [2.75, 3.05) is 18.0 Å². The number of nitrogens with one attached hydrogen (secondary N) is 1. The van der Waals surface area contributed by atoms with Gasteiger partial charge < -0.3 is 10.2 Å². The number of benzene rings is 1. The molecule has 1 aliphatic rings. The topological polar surface area (TPSA) is 15.3 Å². The Balaban J connectivity index is 2.02. The molecule has 112 valence electrons. The quantitative estimate of drug-likeness (QED) is 0.867. The second kappa shape index (κ2) is 7.12. The Hall–Kier alpha value is -1.02. The van der Waals surface area contributed by atoms with Gasteiger partial charge in [-0.3, -0.25) is 0 Å². The second-order valence-electron chi connectivity index (χ2n) is 6.47. The molecule has 2 heteroatoms. The summed E-state index contributed by atoms with van der Waals surface area (Å²) in [5.74, 6) is 0.606. The van der Waals surface area contributed by atoms with Crippen molar-refractivity contribution < 1.29 is 0 Å². The lowest BCUT2D eigenvalue weighted by atomic mass is 9.96. The van der Waals surface area contributed by atoms with Crippen molar-refractivity contribution in [3.05, 3.63) is 29.8 Å². The van der Waals surface area contributed by atoms with E-state index in [-0.39, 0.29) is 0 Å². The van der Waals surface area contributed by atoms with E-state index in [1.54, 1.807) is 0 Å². The molecule has 2 unspecified atom stereocenters. The molecule has 0 aliphatic carbocycles. The molecule has 1 heterocycles. The van der Waals surface area contributed by atoms with Crippen LogP contribution in [0.3, 0.4) is 0 Å². The molecule has 2 rings (SSSR count). The summed E-state index contributed by atoms with van der Waals surface area (Å²) in [5, 5.41) is 3.68. The Kier molecular flexibility index (Phi) is 5.47. The van der Waals surface area contributed by atoms with E-state index in [1.165, 1.54) is 37.1 Å². The van der Waals surface area contributed by atoms with Gasteiger partial charge in [0.2, 0.25) is 0 Å². The fourth-order valence-electron chi connectivity index (χ4n) is 3.15. The predicted octanol–water partition coefficient (Wildman–Crippen LogP) is 4.17. The molecule has 0 spiro atoms. The van der Waals surface area contributed by atoms with Crippen LogP contribution in [0.5, 0.6) is 0 Å². The molecule has 1 N–H and O–H groups in total. The lowest BCUT2D eigenvalue weighted by Gasteiger charge is -2.40. The average Bonchev–Trinajstić information content (AvgIpc) is 2.45. The van der Waals surface area contributed by atoms with E-state index in [0.717, 1.165) is 6.54 Å². The van der Waals surface area contributed by atoms with Crippen molar-refractivity contribution in [2.24, 2.45) is 0 Å². The summed E-state index contributed by atoms with van der Waals surface area (Å²) in [4.78, 5) is 2.58. The SMILES string of the molecule is CCCNC1CCN(c2cccc(C(C)C)c2)C(C)C1. The Morgan fingerprint density at radius 3 is 2.80 bits per heavy atom. The van der Waals surface area contributed by atoms with Crippen LogP contribution >= 0.6 is 0 Å². The van der Waals surface area contributed by atoms with Crippen LogP contribution in [0, 0.1) is 0 Å². The zero-order valence-corrected chi connectivity index (χ0v) is 13.5. The number of anilines is 1. The van der Waals surface area contributed by atoms with Gasteiger partial charge in [-0.05, 0) is 56.3 Å². The molecular weight excluding hydrogens is 244 g/mol. The van der Waals surface area contributed by atoms with Crippen LogP contribution in [0.2, 0.25) is 0 Å². The standard InChI is InChI=1S/C18H30N2/c1-5-10-19-17-9-11-20(15(4)12-17)18-8-6-7-16(13-18)14(2)3/h6-8,13-15,17,19H,5,9-12H2,1-4H3. The lowest BCUT2D eigenvalue weighted by molar-refractivity contribution is 0.369. The molecule has 20 heavy (non-hydrogen) atoms. The minimum atomic E-state index is 0.606. The maximum Gasteiger partial charge on any atom is 0.0371 e. The minimum absolute atomic E-state index is 0.606. The number of piperidine rings is 1. The first-order valence-corrected chi connectivity index (χ1v) is 8.21. The maximum absolute atomic E-state index is 3.68. The van der Waals surface area contributed by atoms with Crippen molar-refractivity contribution in [3.63, 3.8) is 0 Å². The first-order valence-electron chi connectivity index (χ1n) is 8.21. The van der Waals surface area contributed by atoms with Crippen LogP contribution in [-0.2, 0) is 0 Å². The highest BCUT2D eigenvalue weighted by Gasteiger charge is 2.25. The van der Waals surface area contributed by atoms with Crippen molar-refractivity contribution >= 4 is 5.69 Å². The molecule has 1 saturated heterocycles. The van der Waals surface area contributed by atoms with Crippen LogP contribution in [0.25, 0.3) is 0 Å². The summed E-state index contributed by atoms with van der Waals surface area (Å²) in [5.41, 5.74) is 2.85. The molecule has 0 saturated carbocycles. The monoisotopic (exact) mass is 274 g/mol. The fraction of sp³-hybridized carbons (Fsp3) is 0.667. The first kappa shape index (κ1) is 15.4. The summed E-state index contributed by atoms with van der Waals surface area (Å²) in [6, 6.07) is 10.4. The van der Waals surface area contributed by atoms with Gasteiger partial charge >= 0.3 is 0 Å². The second-order valence-corrected chi connectivity index (χ2v) is 6.47. The Morgan fingerprint density at radius 2 is 2.15 bits per heavy atom. The van der Waals surface area contributed by atoms with Crippen molar-refractivity contribution in [2.45, 2.75) is 65.0 Å². The molecule has 1 aliphatic heterocycles. The van der Waals surface area contributed by atoms with E-state index in [4.69, 9.17) is 0 Å². The van der Waals surface area contributed by atoms with Crippen molar-refractivity contribution in [3.8, 4) is 0 Å². The smallest absolute Gasteiger partial charge is 0.0371 e. The van der Waals surface area contributed by atoms with Gasteiger partial charge in [0.1, 0.15) is 0 Å². The third kappa shape index (κ3) is 3.76. The third-order valence-corrected chi connectivity index (χ3v) is 4.43. The summed E-state index contributed by atoms with van der Waals surface area (Å²) < 4.78 is 0. The van der Waals surface area contributed by atoms with Crippen LogP contribution < -0.4 is 10.2 Å². The molecule has 0 aromatic heterocycles. The zero-order valence-electron chi connectivity index (χ0n) is 13.5. The zero-order chi connectivity index (χ0) is 14.5. The molecule has 2 nitrogen and oxygen atoms in total. The summed E-state index contributed by atoms with van der Waals surface area (Å²) >= 11 is 0. The molecule has 2 atom stereocenters. The van der Waals surface area contributed by atoms with Gasteiger partial charge in [-0.2, -0.15) is 0 Å². The normalized spacial score (nSPS) is 23.4. The van der Waals surface area contributed by atoms with Gasteiger partial charge in [0.15, 0.2) is 0 Å². The summed E-state index contributed by atoms with van der Waals surface area (Å²) in [7, 11) is 0. The van der Waals surface area contributed by atoms with Gasteiger partial charge in [0, 0.05) is 24.3 Å². The summed E-state index contributed by atoms with van der Waals surface area (Å²) in [6.45, 7) is 11.5. The van der Waals surface area contributed by atoms with E-state index in [9.17, 15) is 0 Å². The molecule has 0 radical (unpaired) electrons. The minimum Gasteiger partial charge on any atom is -0.369 e. The first-order chi connectivity index (χ1) is 9.61. The van der Waals surface area contributed by atoms with Crippen LogP contribution in [0.4, 0.5) is 5.69 Å². The van der Waals surface area contributed by atoms with Gasteiger partial charge in [0.05, 0.1) is 0 Å². The number of nitrogens with zero attached hydrogens (tertiary/aromatic N) is 1. The van der Waals surface area contributed by atoms with E-state index >= 15 is 0 Å². The van der Waals surface area contributed by atoms with Gasteiger partial charge in [-0.25, -0.2) is 0 Å². The Bertz CT molecular complexity index is 414. The highest BCUT2D eigenvalue weighted by molar-refractivity contribution is 5.50. The third-order valence-electron chi connectivity index (χ3n) is 4.43. The highest BCUT2D eigenvalue weighted by Crippen LogP contribution is 2.27. The molecular formula is C18H30N2. The highest BCUT2D eigenvalue weighted by atomic mass is 15.2. The van der Waals surface area contributed by atoms with Crippen molar-refractivity contribution in [1.29, 1.82) is 0 Å². The van der Waals surface area contributed by atoms with Crippen LogP contribution in [0.1, 0.15) is 58.4 Å². The Morgan fingerprint density at radius 1 is 1.35 bits per heavy atom. The fourth-order valence-corrected chi connectivity index (χ4v) is 3.15. The lowest BCUT2D eigenvalue weighted by Crippen LogP contribution is -2.47. The molecule has 1 fully saturated rings. The maximum atomic E-state index is 3.68. The molecule has 0 amide bonds. The number of hydrogen-bond donors (Lipinski definition) is 1. The van der Waals surface area contributed by atoms with E-state index in [2.05, 4.69) is 62.2 Å². The molecule has 1 aromatic rings. The largest absolute Gasteiger partial charge is 0.369 e. The number of rotatable bonds is 5. The van der Waals surface area contributed by atoms with E-state index in [0.29, 0.717) is 18.0 Å². The van der Waals surface area contributed by atoms with Gasteiger partial charge in [-0.1, -0.05) is 32.9 Å². The Labute approximate surface area is 124 Å². The molecule has 1 aromatic carbocycles. The van der Waals surface area contributed by atoms with E-state index in [1.807, 2.05) is 0 Å². The van der Waals surface area contributed by atoms with Crippen molar-refractivity contribution in [1.82, 2.24) is 5.32 Å². The van der Waals surface area contributed by atoms with E-state index < -0.39 is 0 Å². The van der Waals surface area contributed by atoms with Gasteiger partial charge in [-0.15, -0.1) is 0 Å². The average molecular weight is 274 g/mol.